The minimum absolute atomic E-state index is 0.0787. The van der Waals surface area contributed by atoms with Crippen LogP contribution in [0.15, 0.2) is 72.3 Å². The summed E-state index contributed by atoms with van der Waals surface area (Å²) in [4.78, 5) is 27.8. The third-order valence-corrected chi connectivity index (χ3v) is 7.02. The maximum atomic E-state index is 13.3. The maximum Gasteiger partial charge on any atom is 0.416 e. The number of Topliss-reactive ketones (excluding diaryl/α,β-unsaturated/α-hetero) is 1. The minimum Gasteiger partial charge on any atom is -0.507 e. The summed E-state index contributed by atoms with van der Waals surface area (Å²) < 4.78 is 39.4. The third-order valence-electron chi connectivity index (χ3n) is 7.02. The zero-order valence-corrected chi connectivity index (χ0v) is 19.6. The number of benzene rings is 3. The van der Waals surface area contributed by atoms with Gasteiger partial charge in [-0.15, -0.1) is 0 Å². The van der Waals surface area contributed by atoms with Crippen LogP contribution in [0.2, 0.25) is 0 Å². The Bertz CT molecular complexity index is 1390. The molecule has 3 aromatic carbocycles. The highest BCUT2D eigenvalue weighted by molar-refractivity contribution is 6.51. The van der Waals surface area contributed by atoms with Crippen LogP contribution in [-0.2, 0) is 28.6 Å². The van der Waals surface area contributed by atoms with Crippen LogP contribution in [0.3, 0.4) is 0 Å². The Morgan fingerprint density at radius 2 is 1.58 bits per heavy atom. The van der Waals surface area contributed by atoms with Crippen LogP contribution in [0, 0.1) is 6.92 Å². The number of halogens is 3. The number of alkyl halides is 3. The van der Waals surface area contributed by atoms with Gasteiger partial charge in [0.2, 0.25) is 0 Å². The van der Waals surface area contributed by atoms with E-state index in [1.165, 1.54) is 22.6 Å². The SMILES string of the molecule is Cc1ccccc1C1/C(=C(\O)c2ccc3c(c2)CCCC3)C(=O)C(=O)N1c1ccc(C(F)(F)F)cc1. The Labute approximate surface area is 206 Å². The molecule has 0 aromatic heterocycles. The highest BCUT2D eigenvalue weighted by atomic mass is 19.4. The molecule has 36 heavy (non-hydrogen) atoms. The van der Waals surface area contributed by atoms with Crippen molar-refractivity contribution in [3.63, 3.8) is 0 Å². The zero-order valence-electron chi connectivity index (χ0n) is 19.6. The van der Waals surface area contributed by atoms with Crippen molar-refractivity contribution in [1.29, 1.82) is 0 Å². The molecule has 0 saturated carbocycles. The number of ketones is 1. The van der Waals surface area contributed by atoms with Gasteiger partial charge in [0.1, 0.15) is 5.76 Å². The van der Waals surface area contributed by atoms with Gasteiger partial charge in [-0.25, -0.2) is 0 Å². The van der Waals surface area contributed by atoms with Gasteiger partial charge in [0.05, 0.1) is 17.2 Å². The number of hydrogen-bond acceptors (Lipinski definition) is 3. The molecular formula is C29H24F3NO3. The van der Waals surface area contributed by atoms with E-state index in [1.54, 1.807) is 18.2 Å². The smallest absolute Gasteiger partial charge is 0.416 e. The fraction of sp³-hybridized carbons (Fsp3) is 0.241. The lowest BCUT2D eigenvalue weighted by Crippen LogP contribution is -2.29. The topological polar surface area (TPSA) is 57.6 Å². The Hall–Kier alpha value is -3.87. The Kier molecular flexibility index (Phi) is 5.94. The van der Waals surface area contributed by atoms with E-state index in [2.05, 4.69) is 0 Å². The lowest BCUT2D eigenvalue weighted by Gasteiger charge is -2.27. The number of carbonyl (C=O) groups is 2. The van der Waals surface area contributed by atoms with Crippen molar-refractivity contribution in [2.45, 2.75) is 44.8 Å². The summed E-state index contributed by atoms with van der Waals surface area (Å²) in [7, 11) is 0. The second-order valence-electron chi connectivity index (χ2n) is 9.26. The number of nitrogens with zero attached hydrogens (tertiary/aromatic N) is 1. The molecule has 1 heterocycles. The molecule has 1 amide bonds. The fourth-order valence-corrected chi connectivity index (χ4v) is 5.13. The first kappa shape index (κ1) is 23.9. The van der Waals surface area contributed by atoms with E-state index in [9.17, 15) is 27.9 Å². The van der Waals surface area contributed by atoms with Crippen molar-refractivity contribution in [1.82, 2.24) is 0 Å². The molecule has 1 unspecified atom stereocenters. The van der Waals surface area contributed by atoms with Crippen molar-refractivity contribution in [3.05, 3.63) is 106 Å². The van der Waals surface area contributed by atoms with Gasteiger partial charge < -0.3 is 5.11 Å². The molecule has 1 aliphatic carbocycles. The van der Waals surface area contributed by atoms with E-state index in [-0.39, 0.29) is 17.0 Å². The molecule has 1 fully saturated rings. The van der Waals surface area contributed by atoms with E-state index in [0.29, 0.717) is 11.1 Å². The van der Waals surface area contributed by atoms with Crippen molar-refractivity contribution in [2.24, 2.45) is 0 Å². The van der Waals surface area contributed by atoms with Crippen LogP contribution in [0.5, 0.6) is 0 Å². The first-order valence-electron chi connectivity index (χ1n) is 11.8. The number of rotatable bonds is 3. The van der Waals surface area contributed by atoms with Crippen molar-refractivity contribution >= 4 is 23.1 Å². The summed E-state index contributed by atoms with van der Waals surface area (Å²) in [5, 5.41) is 11.4. The lowest BCUT2D eigenvalue weighted by molar-refractivity contribution is -0.137. The average Bonchev–Trinajstić information content (AvgIpc) is 3.13. The lowest BCUT2D eigenvalue weighted by atomic mass is 9.88. The molecule has 2 aliphatic rings. The summed E-state index contributed by atoms with van der Waals surface area (Å²) in [5.74, 6) is -2.06. The van der Waals surface area contributed by atoms with Gasteiger partial charge in [-0.3, -0.25) is 14.5 Å². The van der Waals surface area contributed by atoms with Gasteiger partial charge in [0.15, 0.2) is 0 Å². The fourth-order valence-electron chi connectivity index (χ4n) is 5.13. The number of amides is 1. The van der Waals surface area contributed by atoms with Crippen LogP contribution < -0.4 is 4.90 Å². The highest BCUT2D eigenvalue weighted by Crippen LogP contribution is 2.44. The highest BCUT2D eigenvalue weighted by Gasteiger charge is 2.47. The molecule has 7 heteroatoms. The van der Waals surface area contributed by atoms with E-state index >= 15 is 0 Å². The second-order valence-corrected chi connectivity index (χ2v) is 9.26. The van der Waals surface area contributed by atoms with Crippen LogP contribution in [0.1, 0.15) is 52.3 Å². The Morgan fingerprint density at radius 1 is 0.917 bits per heavy atom. The van der Waals surface area contributed by atoms with Gasteiger partial charge in [0, 0.05) is 11.3 Å². The van der Waals surface area contributed by atoms with Gasteiger partial charge >= 0.3 is 6.18 Å². The molecule has 184 valence electrons. The Balaban J connectivity index is 1.68. The molecule has 0 radical (unpaired) electrons. The van der Waals surface area contributed by atoms with Gasteiger partial charge in [-0.05, 0) is 85.2 Å². The van der Waals surface area contributed by atoms with E-state index in [0.717, 1.165) is 48.9 Å². The van der Waals surface area contributed by atoms with Gasteiger partial charge in [-0.2, -0.15) is 13.2 Å². The summed E-state index contributed by atoms with van der Waals surface area (Å²) in [5.41, 5.74) is 3.35. The standard InChI is InChI=1S/C29H24F3NO3/c1-17-6-2-5-9-23(17)25-24(26(34)20-11-10-18-7-3-4-8-19(18)16-20)27(35)28(36)33(25)22-14-12-21(13-15-22)29(30,31)32/h2,5-6,9-16,25,34H,3-4,7-8H2,1H3/b26-24+. The summed E-state index contributed by atoms with van der Waals surface area (Å²) >= 11 is 0. The molecule has 0 bridgehead atoms. The first-order valence-corrected chi connectivity index (χ1v) is 11.8. The molecule has 1 saturated heterocycles. The minimum atomic E-state index is -4.53. The van der Waals surface area contributed by atoms with Crippen LogP contribution in [-0.4, -0.2) is 16.8 Å². The average molecular weight is 492 g/mol. The van der Waals surface area contributed by atoms with E-state index < -0.39 is 29.5 Å². The zero-order chi connectivity index (χ0) is 25.6. The molecule has 3 aromatic rings. The molecule has 5 rings (SSSR count). The predicted molar refractivity (Wildman–Crippen MR) is 130 cm³/mol. The number of aliphatic hydroxyl groups is 1. The number of aryl methyl sites for hydroxylation is 3. The molecule has 1 N–H and O–H groups in total. The molecule has 1 aliphatic heterocycles. The number of fused-ring (bicyclic) bond motifs is 1. The monoisotopic (exact) mass is 491 g/mol. The first-order chi connectivity index (χ1) is 17.2. The van der Waals surface area contributed by atoms with Crippen LogP contribution in [0.4, 0.5) is 18.9 Å². The van der Waals surface area contributed by atoms with Crippen molar-refractivity contribution in [3.8, 4) is 0 Å². The molecule has 1 atom stereocenters. The van der Waals surface area contributed by atoms with Crippen LogP contribution >= 0.6 is 0 Å². The van der Waals surface area contributed by atoms with Crippen molar-refractivity contribution in [2.75, 3.05) is 4.90 Å². The van der Waals surface area contributed by atoms with Crippen molar-refractivity contribution < 1.29 is 27.9 Å². The molecule has 0 spiro atoms. The quantitative estimate of drug-likeness (QED) is 0.258. The number of anilines is 1. The molecular weight excluding hydrogens is 467 g/mol. The second kappa shape index (κ2) is 8.97. The molecule has 4 nitrogen and oxygen atoms in total. The summed E-state index contributed by atoms with van der Waals surface area (Å²) in [6, 6.07) is 15.8. The number of carbonyl (C=O) groups excluding carboxylic acids is 2. The van der Waals surface area contributed by atoms with Gasteiger partial charge in [-0.1, -0.05) is 36.4 Å². The summed E-state index contributed by atoms with van der Waals surface area (Å²) in [6.45, 7) is 1.82. The van der Waals surface area contributed by atoms with E-state index in [4.69, 9.17) is 0 Å². The number of aliphatic hydroxyl groups excluding tert-OH is 1. The van der Waals surface area contributed by atoms with Crippen LogP contribution in [0.25, 0.3) is 5.76 Å². The largest absolute Gasteiger partial charge is 0.507 e. The third kappa shape index (κ3) is 4.08. The number of hydrogen-bond donors (Lipinski definition) is 1. The summed E-state index contributed by atoms with van der Waals surface area (Å²) in [6.07, 6.45) is -0.563. The van der Waals surface area contributed by atoms with E-state index in [1.807, 2.05) is 31.2 Å². The normalized spacial score (nSPS) is 19.4. The van der Waals surface area contributed by atoms with Gasteiger partial charge in [0.25, 0.3) is 11.7 Å². The Morgan fingerprint density at radius 3 is 2.25 bits per heavy atom. The predicted octanol–water partition coefficient (Wildman–Crippen LogP) is 6.52. The maximum absolute atomic E-state index is 13.3.